The fourth-order valence-corrected chi connectivity index (χ4v) is 1.72. The maximum Gasteiger partial charge on any atom is 0.273 e. The summed E-state index contributed by atoms with van der Waals surface area (Å²) in [5, 5.41) is 13.3. The molecular formula is C12H15BrN2O5. The molecule has 0 atom stereocenters. The number of halogens is 1. The van der Waals surface area contributed by atoms with Gasteiger partial charge in [0, 0.05) is 26.3 Å². The summed E-state index contributed by atoms with van der Waals surface area (Å²) in [4.78, 5) is 21.6. The van der Waals surface area contributed by atoms with Crippen LogP contribution in [0.25, 0.3) is 0 Å². The van der Waals surface area contributed by atoms with E-state index >= 15 is 0 Å². The molecule has 110 valence electrons. The molecule has 1 aromatic carbocycles. The zero-order valence-corrected chi connectivity index (χ0v) is 12.5. The SMILES string of the molecule is COCCCNC(=O)COc1cc([N+](=O)[O-])ccc1Br. The van der Waals surface area contributed by atoms with Gasteiger partial charge in [-0.25, -0.2) is 0 Å². The number of carbonyl (C=O) groups excluding carboxylic acids is 1. The molecule has 0 aliphatic rings. The highest BCUT2D eigenvalue weighted by Gasteiger charge is 2.11. The minimum Gasteiger partial charge on any atom is -0.482 e. The molecule has 0 heterocycles. The summed E-state index contributed by atoms with van der Waals surface area (Å²) >= 11 is 3.21. The van der Waals surface area contributed by atoms with Crippen LogP contribution in [-0.4, -0.2) is 37.7 Å². The van der Waals surface area contributed by atoms with Crippen LogP contribution in [0.5, 0.6) is 5.75 Å². The summed E-state index contributed by atoms with van der Waals surface area (Å²) in [6.45, 7) is 0.858. The Kier molecular flexibility index (Phi) is 6.96. The molecule has 1 N–H and O–H groups in total. The number of hydrogen-bond acceptors (Lipinski definition) is 5. The number of hydrogen-bond donors (Lipinski definition) is 1. The first-order valence-corrected chi connectivity index (χ1v) is 6.66. The molecule has 7 nitrogen and oxygen atoms in total. The van der Waals surface area contributed by atoms with E-state index in [0.29, 0.717) is 24.0 Å². The molecule has 0 saturated heterocycles. The summed E-state index contributed by atoms with van der Waals surface area (Å²) in [6, 6.07) is 4.12. The molecule has 0 aliphatic carbocycles. The van der Waals surface area contributed by atoms with Crippen molar-refractivity contribution >= 4 is 27.5 Å². The smallest absolute Gasteiger partial charge is 0.273 e. The van der Waals surface area contributed by atoms with E-state index in [9.17, 15) is 14.9 Å². The van der Waals surface area contributed by atoms with E-state index in [-0.39, 0.29) is 24.0 Å². The second-order valence-electron chi connectivity index (χ2n) is 3.86. The zero-order valence-electron chi connectivity index (χ0n) is 10.9. The quantitative estimate of drug-likeness (QED) is 0.441. The average Bonchev–Trinajstić information content (AvgIpc) is 2.42. The normalized spacial score (nSPS) is 10.1. The lowest BCUT2D eigenvalue weighted by molar-refractivity contribution is -0.385. The molecule has 20 heavy (non-hydrogen) atoms. The summed E-state index contributed by atoms with van der Waals surface area (Å²) < 4.78 is 10.7. The lowest BCUT2D eigenvalue weighted by atomic mass is 10.3. The van der Waals surface area contributed by atoms with Crippen LogP contribution >= 0.6 is 15.9 Å². The molecule has 1 aromatic rings. The molecule has 0 aromatic heterocycles. The Balaban J connectivity index is 2.46. The van der Waals surface area contributed by atoms with Crippen LogP contribution in [0.1, 0.15) is 6.42 Å². The van der Waals surface area contributed by atoms with E-state index in [4.69, 9.17) is 9.47 Å². The second-order valence-corrected chi connectivity index (χ2v) is 4.71. The third kappa shape index (κ3) is 5.54. The van der Waals surface area contributed by atoms with Crippen molar-refractivity contribution in [1.29, 1.82) is 0 Å². The van der Waals surface area contributed by atoms with Crippen molar-refractivity contribution in [2.75, 3.05) is 26.9 Å². The van der Waals surface area contributed by atoms with Gasteiger partial charge < -0.3 is 14.8 Å². The number of ether oxygens (including phenoxy) is 2. The van der Waals surface area contributed by atoms with Gasteiger partial charge in [-0.1, -0.05) is 0 Å². The summed E-state index contributed by atoms with van der Waals surface area (Å²) in [7, 11) is 1.59. The van der Waals surface area contributed by atoms with Crippen LogP contribution in [-0.2, 0) is 9.53 Å². The number of nitrogens with one attached hydrogen (secondary N) is 1. The Morgan fingerprint density at radius 3 is 2.90 bits per heavy atom. The highest BCUT2D eigenvalue weighted by Crippen LogP contribution is 2.29. The molecule has 1 rings (SSSR count). The number of non-ortho nitro benzene ring substituents is 1. The summed E-state index contributed by atoms with van der Waals surface area (Å²) in [5.74, 6) is -0.0363. The number of amides is 1. The van der Waals surface area contributed by atoms with Crippen molar-refractivity contribution in [3.8, 4) is 5.75 Å². The summed E-state index contributed by atoms with van der Waals surface area (Å²) in [5.41, 5.74) is -0.0938. The predicted octanol–water partition coefficient (Wildman–Crippen LogP) is 1.89. The molecule has 0 bridgehead atoms. The Morgan fingerprint density at radius 2 is 2.25 bits per heavy atom. The maximum absolute atomic E-state index is 11.5. The standard InChI is InChI=1S/C12H15BrN2O5/c1-19-6-2-5-14-12(16)8-20-11-7-9(15(17)18)3-4-10(11)13/h3-4,7H,2,5-6,8H2,1H3,(H,14,16). The van der Waals surface area contributed by atoms with Crippen LogP contribution in [0.4, 0.5) is 5.69 Å². The molecule has 8 heteroatoms. The van der Waals surface area contributed by atoms with Crippen LogP contribution < -0.4 is 10.1 Å². The van der Waals surface area contributed by atoms with E-state index < -0.39 is 4.92 Å². The Morgan fingerprint density at radius 1 is 1.50 bits per heavy atom. The third-order valence-corrected chi connectivity index (χ3v) is 2.99. The van der Waals surface area contributed by atoms with E-state index in [1.165, 1.54) is 18.2 Å². The first-order valence-electron chi connectivity index (χ1n) is 5.87. The van der Waals surface area contributed by atoms with Gasteiger partial charge in [-0.2, -0.15) is 0 Å². The maximum atomic E-state index is 11.5. The van der Waals surface area contributed by atoms with Crippen molar-refractivity contribution in [3.63, 3.8) is 0 Å². The van der Waals surface area contributed by atoms with Crippen molar-refractivity contribution in [3.05, 3.63) is 32.8 Å². The minimum absolute atomic E-state index is 0.0938. The Bertz CT molecular complexity index is 481. The topological polar surface area (TPSA) is 90.7 Å². The van der Waals surface area contributed by atoms with Gasteiger partial charge in [-0.15, -0.1) is 0 Å². The Hall–Kier alpha value is -1.67. The number of benzene rings is 1. The average molecular weight is 347 g/mol. The van der Waals surface area contributed by atoms with Crippen molar-refractivity contribution in [2.45, 2.75) is 6.42 Å². The highest BCUT2D eigenvalue weighted by atomic mass is 79.9. The molecular weight excluding hydrogens is 332 g/mol. The lowest BCUT2D eigenvalue weighted by Gasteiger charge is -2.08. The van der Waals surface area contributed by atoms with Crippen LogP contribution in [0.15, 0.2) is 22.7 Å². The van der Waals surface area contributed by atoms with Crippen LogP contribution in [0.3, 0.4) is 0 Å². The van der Waals surface area contributed by atoms with Gasteiger partial charge in [0.15, 0.2) is 6.61 Å². The summed E-state index contributed by atoms with van der Waals surface area (Å²) in [6.07, 6.45) is 0.711. The van der Waals surface area contributed by atoms with Crippen LogP contribution in [0, 0.1) is 10.1 Å². The number of methoxy groups -OCH3 is 1. The molecule has 1 amide bonds. The van der Waals surface area contributed by atoms with E-state index in [2.05, 4.69) is 21.2 Å². The van der Waals surface area contributed by atoms with Crippen LogP contribution in [0.2, 0.25) is 0 Å². The Labute approximate surface area is 124 Å². The van der Waals surface area contributed by atoms with Gasteiger partial charge in [0.2, 0.25) is 0 Å². The third-order valence-electron chi connectivity index (χ3n) is 2.33. The van der Waals surface area contributed by atoms with Gasteiger partial charge in [-0.3, -0.25) is 14.9 Å². The highest BCUT2D eigenvalue weighted by molar-refractivity contribution is 9.10. The molecule has 0 fully saturated rings. The first-order chi connectivity index (χ1) is 9.54. The zero-order chi connectivity index (χ0) is 15.0. The molecule has 0 radical (unpaired) electrons. The predicted molar refractivity (Wildman–Crippen MR) is 75.8 cm³/mol. The van der Waals surface area contributed by atoms with Gasteiger partial charge in [0.25, 0.3) is 11.6 Å². The molecule has 0 unspecified atom stereocenters. The fraction of sp³-hybridized carbons (Fsp3) is 0.417. The van der Waals surface area contributed by atoms with Crippen molar-refractivity contribution in [2.24, 2.45) is 0 Å². The minimum atomic E-state index is -0.524. The number of nitrogens with zero attached hydrogens (tertiary/aromatic N) is 1. The van der Waals surface area contributed by atoms with Crippen molar-refractivity contribution < 1.29 is 19.2 Å². The number of nitro benzene ring substituents is 1. The van der Waals surface area contributed by atoms with E-state index in [0.717, 1.165) is 0 Å². The van der Waals surface area contributed by atoms with Crippen molar-refractivity contribution in [1.82, 2.24) is 5.32 Å². The molecule has 0 saturated carbocycles. The lowest BCUT2D eigenvalue weighted by Crippen LogP contribution is -2.30. The van der Waals surface area contributed by atoms with E-state index in [1.807, 2.05) is 0 Å². The van der Waals surface area contributed by atoms with Gasteiger partial charge in [0.05, 0.1) is 15.5 Å². The number of nitro groups is 1. The molecule has 0 aliphatic heterocycles. The van der Waals surface area contributed by atoms with Gasteiger partial charge in [-0.05, 0) is 28.4 Å². The molecule has 0 spiro atoms. The second kappa shape index (κ2) is 8.49. The monoisotopic (exact) mass is 346 g/mol. The first kappa shape index (κ1) is 16.4. The van der Waals surface area contributed by atoms with Gasteiger partial charge in [0.1, 0.15) is 5.75 Å². The fourth-order valence-electron chi connectivity index (χ4n) is 1.35. The number of carbonyl (C=O) groups is 1. The number of rotatable bonds is 8. The largest absolute Gasteiger partial charge is 0.482 e. The van der Waals surface area contributed by atoms with E-state index in [1.54, 1.807) is 7.11 Å². The van der Waals surface area contributed by atoms with Gasteiger partial charge >= 0.3 is 0 Å².